The van der Waals surface area contributed by atoms with E-state index in [4.69, 9.17) is 5.84 Å². The smallest absolute Gasteiger partial charge is 0.128 e. The Kier molecular flexibility index (Phi) is 4.61. The van der Waals surface area contributed by atoms with Crippen molar-refractivity contribution in [1.82, 2.24) is 10.3 Å². The summed E-state index contributed by atoms with van der Waals surface area (Å²) in [5.41, 5.74) is 4.51. The number of rotatable bonds is 3. The molecule has 1 fully saturated rings. The Hall–Kier alpha value is -0.620. The lowest BCUT2D eigenvalue weighted by Gasteiger charge is -2.37. The third-order valence-electron chi connectivity index (χ3n) is 3.49. The standard InChI is InChI=1S/C13H20FN3S/c1-9-3-4-11(14)10(7-9)13(16-15)12-8-18-6-5-17(12)2/h3-4,7,12-13,16H,5-6,8,15H2,1-2H3. The van der Waals surface area contributed by atoms with Crippen molar-refractivity contribution in [2.24, 2.45) is 5.84 Å². The van der Waals surface area contributed by atoms with Crippen molar-refractivity contribution in [3.63, 3.8) is 0 Å². The van der Waals surface area contributed by atoms with E-state index in [2.05, 4.69) is 17.4 Å². The van der Waals surface area contributed by atoms with Gasteiger partial charge in [0.15, 0.2) is 0 Å². The van der Waals surface area contributed by atoms with Crippen molar-refractivity contribution >= 4 is 11.8 Å². The number of hydrogen-bond donors (Lipinski definition) is 2. The van der Waals surface area contributed by atoms with Gasteiger partial charge in [-0.2, -0.15) is 11.8 Å². The van der Waals surface area contributed by atoms with Crippen molar-refractivity contribution in [2.45, 2.75) is 19.0 Å². The number of nitrogens with one attached hydrogen (secondary N) is 1. The minimum absolute atomic E-state index is 0.164. The number of hydrazine groups is 1. The fourth-order valence-corrected chi connectivity index (χ4v) is 3.64. The Labute approximate surface area is 112 Å². The minimum Gasteiger partial charge on any atom is -0.300 e. The fourth-order valence-electron chi connectivity index (χ4n) is 2.37. The summed E-state index contributed by atoms with van der Waals surface area (Å²) in [5.74, 6) is 7.57. The third-order valence-corrected chi connectivity index (χ3v) is 4.54. The molecular weight excluding hydrogens is 249 g/mol. The molecule has 100 valence electrons. The number of aryl methyl sites for hydroxylation is 1. The predicted octanol–water partition coefficient (Wildman–Crippen LogP) is 1.69. The molecule has 0 spiro atoms. The highest BCUT2D eigenvalue weighted by atomic mass is 32.2. The second-order valence-electron chi connectivity index (χ2n) is 4.79. The molecule has 1 heterocycles. The molecule has 0 aromatic heterocycles. The fraction of sp³-hybridized carbons (Fsp3) is 0.538. The average Bonchev–Trinajstić information content (AvgIpc) is 2.36. The van der Waals surface area contributed by atoms with Crippen molar-refractivity contribution in [1.29, 1.82) is 0 Å². The number of nitrogens with zero attached hydrogens (tertiary/aromatic N) is 1. The maximum atomic E-state index is 14.0. The van der Waals surface area contributed by atoms with Gasteiger partial charge in [0.2, 0.25) is 0 Å². The molecule has 5 heteroatoms. The van der Waals surface area contributed by atoms with Gasteiger partial charge in [0.1, 0.15) is 5.82 Å². The molecule has 1 aliphatic rings. The van der Waals surface area contributed by atoms with E-state index in [1.165, 1.54) is 6.07 Å². The summed E-state index contributed by atoms with van der Waals surface area (Å²) in [7, 11) is 2.07. The van der Waals surface area contributed by atoms with E-state index in [9.17, 15) is 4.39 Å². The Morgan fingerprint density at radius 3 is 3.00 bits per heavy atom. The van der Waals surface area contributed by atoms with E-state index in [1.807, 2.05) is 24.8 Å². The first-order valence-corrected chi connectivity index (χ1v) is 7.29. The zero-order valence-corrected chi connectivity index (χ0v) is 11.6. The van der Waals surface area contributed by atoms with Gasteiger partial charge in [-0.1, -0.05) is 17.7 Å². The summed E-state index contributed by atoms with van der Waals surface area (Å²) in [6.45, 7) is 2.98. The monoisotopic (exact) mass is 269 g/mol. The Morgan fingerprint density at radius 2 is 2.33 bits per heavy atom. The van der Waals surface area contributed by atoms with Gasteiger partial charge >= 0.3 is 0 Å². The molecule has 0 bridgehead atoms. The molecule has 0 saturated carbocycles. The highest BCUT2D eigenvalue weighted by Crippen LogP contribution is 2.28. The number of halogens is 1. The third kappa shape index (κ3) is 2.85. The van der Waals surface area contributed by atoms with Crippen LogP contribution in [0.4, 0.5) is 4.39 Å². The number of likely N-dealkylation sites (N-methyl/N-ethyl adjacent to an activating group) is 1. The molecule has 0 amide bonds. The van der Waals surface area contributed by atoms with E-state index < -0.39 is 0 Å². The second kappa shape index (κ2) is 6.02. The van der Waals surface area contributed by atoms with Crippen LogP contribution >= 0.6 is 11.8 Å². The van der Waals surface area contributed by atoms with Crippen LogP contribution in [-0.4, -0.2) is 36.0 Å². The molecule has 1 aromatic carbocycles. The van der Waals surface area contributed by atoms with Crippen LogP contribution in [0.15, 0.2) is 18.2 Å². The van der Waals surface area contributed by atoms with E-state index in [-0.39, 0.29) is 17.9 Å². The minimum atomic E-state index is -0.187. The van der Waals surface area contributed by atoms with Gasteiger partial charge in [-0.25, -0.2) is 4.39 Å². The summed E-state index contributed by atoms with van der Waals surface area (Å²) in [5, 5.41) is 0. The van der Waals surface area contributed by atoms with Gasteiger partial charge < -0.3 is 0 Å². The summed E-state index contributed by atoms with van der Waals surface area (Å²) in [6, 6.07) is 5.25. The van der Waals surface area contributed by atoms with Crippen LogP contribution in [0.5, 0.6) is 0 Å². The van der Waals surface area contributed by atoms with Crippen molar-refractivity contribution in [2.75, 3.05) is 25.1 Å². The summed E-state index contributed by atoms with van der Waals surface area (Å²) in [4.78, 5) is 2.25. The lowest BCUT2D eigenvalue weighted by molar-refractivity contribution is 0.214. The molecule has 3 N–H and O–H groups in total. The van der Waals surface area contributed by atoms with Crippen LogP contribution in [0.2, 0.25) is 0 Å². The molecule has 1 aromatic rings. The average molecular weight is 269 g/mol. The maximum Gasteiger partial charge on any atom is 0.128 e. The summed E-state index contributed by atoms with van der Waals surface area (Å²) >= 11 is 1.90. The second-order valence-corrected chi connectivity index (χ2v) is 5.94. The van der Waals surface area contributed by atoms with E-state index >= 15 is 0 Å². The molecule has 1 aliphatic heterocycles. The lowest BCUT2D eigenvalue weighted by Crippen LogP contribution is -2.49. The van der Waals surface area contributed by atoms with Crippen LogP contribution in [0.3, 0.4) is 0 Å². The van der Waals surface area contributed by atoms with Crippen LogP contribution in [0, 0.1) is 12.7 Å². The zero-order chi connectivity index (χ0) is 13.1. The van der Waals surface area contributed by atoms with Gasteiger partial charge in [-0.3, -0.25) is 16.2 Å². The number of hydrogen-bond acceptors (Lipinski definition) is 4. The van der Waals surface area contributed by atoms with E-state index in [0.29, 0.717) is 5.56 Å². The molecule has 2 atom stereocenters. The largest absolute Gasteiger partial charge is 0.300 e. The van der Waals surface area contributed by atoms with Crippen molar-refractivity contribution in [3.8, 4) is 0 Å². The van der Waals surface area contributed by atoms with Gasteiger partial charge in [0.05, 0.1) is 6.04 Å². The molecular formula is C13H20FN3S. The van der Waals surface area contributed by atoms with Crippen LogP contribution in [0.1, 0.15) is 17.2 Å². The van der Waals surface area contributed by atoms with Crippen LogP contribution < -0.4 is 11.3 Å². The Balaban J connectivity index is 2.29. The SMILES string of the molecule is Cc1ccc(F)c(C(NN)C2CSCCN2C)c1. The van der Waals surface area contributed by atoms with Gasteiger partial charge in [0.25, 0.3) is 0 Å². The predicted molar refractivity (Wildman–Crippen MR) is 74.9 cm³/mol. The topological polar surface area (TPSA) is 41.3 Å². The maximum absolute atomic E-state index is 14.0. The number of benzene rings is 1. The normalized spacial score (nSPS) is 23.0. The Morgan fingerprint density at radius 1 is 1.56 bits per heavy atom. The van der Waals surface area contributed by atoms with Gasteiger partial charge in [-0.05, 0) is 20.0 Å². The first-order chi connectivity index (χ1) is 8.63. The highest BCUT2D eigenvalue weighted by Gasteiger charge is 2.30. The van der Waals surface area contributed by atoms with Crippen LogP contribution in [0.25, 0.3) is 0 Å². The van der Waals surface area contributed by atoms with E-state index in [1.54, 1.807) is 6.07 Å². The van der Waals surface area contributed by atoms with Crippen LogP contribution in [-0.2, 0) is 0 Å². The first kappa shape index (κ1) is 13.8. The molecule has 2 rings (SSSR count). The molecule has 0 radical (unpaired) electrons. The molecule has 2 unspecified atom stereocenters. The molecule has 3 nitrogen and oxygen atoms in total. The first-order valence-electron chi connectivity index (χ1n) is 6.13. The summed E-state index contributed by atoms with van der Waals surface area (Å²) < 4.78 is 14.0. The van der Waals surface area contributed by atoms with E-state index in [0.717, 1.165) is 23.6 Å². The molecule has 1 saturated heterocycles. The molecule has 0 aliphatic carbocycles. The van der Waals surface area contributed by atoms with Crippen molar-refractivity contribution < 1.29 is 4.39 Å². The Bertz CT molecular complexity index is 413. The highest BCUT2D eigenvalue weighted by molar-refractivity contribution is 7.99. The van der Waals surface area contributed by atoms with Gasteiger partial charge in [-0.15, -0.1) is 0 Å². The van der Waals surface area contributed by atoms with Gasteiger partial charge in [0, 0.05) is 29.7 Å². The summed E-state index contributed by atoms with van der Waals surface area (Å²) in [6.07, 6.45) is 0. The quantitative estimate of drug-likeness (QED) is 0.647. The molecule has 18 heavy (non-hydrogen) atoms. The number of nitrogens with two attached hydrogens (primary N) is 1. The lowest BCUT2D eigenvalue weighted by atomic mass is 9.97. The number of thioether (sulfide) groups is 1. The van der Waals surface area contributed by atoms with Crippen molar-refractivity contribution in [3.05, 3.63) is 35.1 Å². The zero-order valence-electron chi connectivity index (χ0n) is 10.8.